The van der Waals surface area contributed by atoms with E-state index in [1.807, 2.05) is 30.3 Å². The van der Waals surface area contributed by atoms with E-state index >= 15 is 0 Å². The van der Waals surface area contributed by atoms with E-state index in [4.69, 9.17) is 16.9 Å². The SMILES string of the molecule is Cl.N=C(N)c1ccc(CNC(=O)[C@@H]2CCCN2C[C@H](N)Cc2ccccc2)cc1. The molecule has 0 aliphatic carbocycles. The molecule has 0 unspecified atom stereocenters. The third kappa shape index (κ3) is 6.56. The van der Waals surface area contributed by atoms with Crippen molar-refractivity contribution < 1.29 is 4.79 Å². The van der Waals surface area contributed by atoms with E-state index in [1.165, 1.54) is 5.56 Å². The van der Waals surface area contributed by atoms with Gasteiger partial charge in [0.2, 0.25) is 5.91 Å². The van der Waals surface area contributed by atoms with E-state index in [2.05, 4.69) is 22.3 Å². The number of likely N-dealkylation sites (tertiary alicyclic amines) is 1. The lowest BCUT2D eigenvalue weighted by atomic mass is 10.1. The summed E-state index contributed by atoms with van der Waals surface area (Å²) in [6, 6.07) is 17.5. The number of amides is 1. The van der Waals surface area contributed by atoms with Crippen LogP contribution < -0.4 is 16.8 Å². The van der Waals surface area contributed by atoms with Crippen LogP contribution in [0, 0.1) is 5.41 Å². The molecular formula is C22H30ClN5O. The molecule has 0 saturated carbocycles. The van der Waals surface area contributed by atoms with Crippen LogP contribution in [0.25, 0.3) is 0 Å². The number of halogens is 1. The molecule has 1 aliphatic rings. The minimum absolute atomic E-state index is 0. The topological polar surface area (TPSA) is 108 Å². The third-order valence-electron chi connectivity index (χ3n) is 5.21. The molecule has 0 radical (unpaired) electrons. The number of hydrogen-bond donors (Lipinski definition) is 4. The van der Waals surface area contributed by atoms with Gasteiger partial charge in [0.1, 0.15) is 5.84 Å². The lowest BCUT2D eigenvalue weighted by molar-refractivity contribution is -0.125. The van der Waals surface area contributed by atoms with Crippen LogP contribution in [0.5, 0.6) is 0 Å². The van der Waals surface area contributed by atoms with Gasteiger partial charge in [-0.3, -0.25) is 15.1 Å². The highest BCUT2D eigenvalue weighted by atomic mass is 35.5. The van der Waals surface area contributed by atoms with Gasteiger partial charge in [0, 0.05) is 24.7 Å². The zero-order valence-electron chi connectivity index (χ0n) is 16.5. The monoisotopic (exact) mass is 415 g/mol. The van der Waals surface area contributed by atoms with Crippen LogP contribution >= 0.6 is 12.4 Å². The van der Waals surface area contributed by atoms with Crippen LogP contribution in [0.2, 0.25) is 0 Å². The fourth-order valence-electron chi connectivity index (χ4n) is 3.73. The molecule has 1 amide bonds. The lowest BCUT2D eigenvalue weighted by Gasteiger charge is -2.26. The summed E-state index contributed by atoms with van der Waals surface area (Å²) in [7, 11) is 0. The standard InChI is InChI=1S/C22H29N5O.ClH/c23-19(13-16-5-2-1-3-6-16)15-27-12-4-7-20(27)22(28)26-14-17-8-10-18(11-9-17)21(24)25;/h1-3,5-6,8-11,19-20H,4,7,12-15,23H2,(H3,24,25)(H,26,28);1H/t19-,20+;/m1./s1. The molecule has 7 heteroatoms. The van der Waals surface area contributed by atoms with Gasteiger partial charge in [0.15, 0.2) is 0 Å². The number of rotatable bonds is 8. The number of hydrogen-bond acceptors (Lipinski definition) is 4. The molecule has 1 aliphatic heterocycles. The molecular weight excluding hydrogens is 386 g/mol. The highest BCUT2D eigenvalue weighted by Gasteiger charge is 2.31. The maximum Gasteiger partial charge on any atom is 0.237 e. The number of benzene rings is 2. The molecule has 0 aromatic heterocycles. The fourth-order valence-corrected chi connectivity index (χ4v) is 3.73. The van der Waals surface area contributed by atoms with Gasteiger partial charge in [-0.2, -0.15) is 0 Å². The van der Waals surface area contributed by atoms with Crippen molar-refractivity contribution in [3.8, 4) is 0 Å². The summed E-state index contributed by atoms with van der Waals surface area (Å²) < 4.78 is 0. The maximum atomic E-state index is 12.7. The first-order valence-corrected chi connectivity index (χ1v) is 9.77. The number of carbonyl (C=O) groups is 1. The van der Waals surface area contributed by atoms with E-state index in [-0.39, 0.29) is 36.2 Å². The first-order chi connectivity index (χ1) is 13.5. The molecule has 6 nitrogen and oxygen atoms in total. The fraction of sp³-hybridized carbons (Fsp3) is 0.364. The van der Waals surface area contributed by atoms with Crippen molar-refractivity contribution in [1.82, 2.24) is 10.2 Å². The highest BCUT2D eigenvalue weighted by Crippen LogP contribution is 2.18. The summed E-state index contributed by atoms with van der Waals surface area (Å²) in [5.74, 6) is 0.101. The van der Waals surface area contributed by atoms with E-state index in [0.29, 0.717) is 12.1 Å². The molecule has 0 spiro atoms. The van der Waals surface area contributed by atoms with Crippen molar-refractivity contribution in [1.29, 1.82) is 5.41 Å². The zero-order valence-corrected chi connectivity index (χ0v) is 17.3. The first kappa shape index (κ1) is 22.9. The summed E-state index contributed by atoms with van der Waals surface area (Å²) in [4.78, 5) is 14.9. The van der Waals surface area contributed by atoms with Crippen LogP contribution in [0.4, 0.5) is 0 Å². The number of carbonyl (C=O) groups excluding carboxylic acids is 1. The van der Waals surface area contributed by atoms with Gasteiger partial charge >= 0.3 is 0 Å². The quantitative estimate of drug-likeness (QED) is 0.390. The molecule has 1 heterocycles. The van der Waals surface area contributed by atoms with Crippen molar-refractivity contribution in [2.75, 3.05) is 13.1 Å². The number of nitrogen functional groups attached to an aromatic ring is 1. The van der Waals surface area contributed by atoms with Gasteiger partial charge in [0.05, 0.1) is 6.04 Å². The van der Waals surface area contributed by atoms with Gasteiger partial charge in [-0.25, -0.2) is 0 Å². The average molecular weight is 416 g/mol. The Balaban J connectivity index is 0.00000300. The Morgan fingerprint density at radius 3 is 2.48 bits per heavy atom. The lowest BCUT2D eigenvalue weighted by Crippen LogP contribution is -2.47. The summed E-state index contributed by atoms with van der Waals surface area (Å²) in [5.41, 5.74) is 14.7. The van der Waals surface area contributed by atoms with Crippen LogP contribution in [0.15, 0.2) is 54.6 Å². The Bertz CT molecular complexity index is 797. The van der Waals surface area contributed by atoms with Crippen molar-refractivity contribution in [2.45, 2.75) is 37.9 Å². The Kier molecular flexibility index (Phi) is 8.64. The highest BCUT2D eigenvalue weighted by molar-refractivity contribution is 5.94. The minimum atomic E-state index is -0.113. The first-order valence-electron chi connectivity index (χ1n) is 9.77. The summed E-state index contributed by atoms with van der Waals surface area (Å²) in [6.45, 7) is 2.10. The smallest absolute Gasteiger partial charge is 0.237 e. The van der Waals surface area contributed by atoms with Gasteiger partial charge in [-0.15, -0.1) is 12.4 Å². The molecule has 6 N–H and O–H groups in total. The van der Waals surface area contributed by atoms with Crippen LogP contribution in [-0.4, -0.2) is 41.8 Å². The Morgan fingerprint density at radius 2 is 1.83 bits per heavy atom. The Hall–Kier alpha value is -2.41. The summed E-state index contributed by atoms with van der Waals surface area (Å²) in [5, 5.41) is 10.5. The maximum absolute atomic E-state index is 12.7. The average Bonchev–Trinajstić information content (AvgIpc) is 3.15. The van der Waals surface area contributed by atoms with Crippen molar-refractivity contribution >= 4 is 24.1 Å². The summed E-state index contributed by atoms with van der Waals surface area (Å²) >= 11 is 0. The predicted molar refractivity (Wildman–Crippen MR) is 119 cm³/mol. The van der Waals surface area contributed by atoms with E-state index < -0.39 is 0 Å². The molecule has 1 fully saturated rings. The van der Waals surface area contributed by atoms with E-state index in [0.717, 1.165) is 37.9 Å². The van der Waals surface area contributed by atoms with Crippen LogP contribution in [-0.2, 0) is 17.8 Å². The second-order valence-corrected chi connectivity index (χ2v) is 7.43. The second-order valence-electron chi connectivity index (χ2n) is 7.43. The van der Waals surface area contributed by atoms with Crippen molar-refractivity contribution in [3.05, 3.63) is 71.3 Å². The van der Waals surface area contributed by atoms with Crippen LogP contribution in [0.1, 0.15) is 29.5 Å². The molecule has 2 aromatic carbocycles. The largest absolute Gasteiger partial charge is 0.384 e. The van der Waals surface area contributed by atoms with Gasteiger partial charge in [-0.05, 0) is 36.9 Å². The summed E-state index contributed by atoms with van der Waals surface area (Å²) in [6.07, 6.45) is 2.70. The predicted octanol–water partition coefficient (Wildman–Crippen LogP) is 2.04. The molecule has 2 atom stereocenters. The molecule has 2 aromatic rings. The number of nitrogens with one attached hydrogen (secondary N) is 2. The molecule has 1 saturated heterocycles. The number of amidine groups is 1. The van der Waals surface area contributed by atoms with Crippen LogP contribution in [0.3, 0.4) is 0 Å². The molecule has 3 rings (SSSR count). The van der Waals surface area contributed by atoms with Gasteiger partial charge in [0.25, 0.3) is 0 Å². The minimum Gasteiger partial charge on any atom is -0.384 e. The Morgan fingerprint density at radius 1 is 1.14 bits per heavy atom. The van der Waals surface area contributed by atoms with E-state index in [1.54, 1.807) is 12.1 Å². The normalized spacial score (nSPS) is 17.3. The van der Waals surface area contributed by atoms with Gasteiger partial charge < -0.3 is 16.8 Å². The molecule has 0 bridgehead atoms. The van der Waals surface area contributed by atoms with E-state index in [9.17, 15) is 4.79 Å². The molecule has 156 valence electrons. The van der Waals surface area contributed by atoms with Crippen molar-refractivity contribution in [3.63, 3.8) is 0 Å². The second kappa shape index (κ2) is 11.0. The number of nitrogens with two attached hydrogens (primary N) is 2. The Labute approximate surface area is 178 Å². The third-order valence-corrected chi connectivity index (χ3v) is 5.21. The molecule has 29 heavy (non-hydrogen) atoms. The van der Waals surface area contributed by atoms with Crippen molar-refractivity contribution in [2.24, 2.45) is 11.5 Å². The van der Waals surface area contributed by atoms with Gasteiger partial charge in [-0.1, -0.05) is 54.6 Å². The number of nitrogens with zero attached hydrogens (tertiary/aromatic N) is 1. The zero-order chi connectivity index (χ0) is 19.9.